The molecule has 2 heterocycles. The van der Waals surface area contributed by atoms with E-state index in [-0.39, 0.29) is 17.5 Å². The molecule has 2 aromatic heterocycles. The van der Waals surface area contributed by atoms with Crippen LogP contribution < -0.4 is 0 Å². The number of furan rings is 1. The summed E-state index contributed by atoms with van der Waals surface area (Å²) in [4.78, 5) is 12.6. The predicted molar refractivity (Wildman–Crippen MR) is 82.4 cm³/mol. The number of aryl methyl sites for hydroxylation is 1. The summed E-state index contributed by atoms with van der Waals surface area (Å²) in [5.74, 6) is 0.614. The lowest BCUT2D eigenvalue weighted by atomic mass is 9.84. The van der Waals surface area contributed by atoms with E-state index in [0.717, 1.165) is 17.1 Å². The maximum Gasteiger partial charge on any atom is 0.167 e. The fraction of sp³-hybridized carbons (Fsp3) is 0.222. The van der Waals surface area contributed by atoms with E-state index in [1.165, 1.54) is 12.1 Å². The van der Waals surface area contributed by atoms with Crippen molar-refractivity contribution in [1.29, 1.82) is 0 Å². The van der Waals surface area contributed by atoms with Crippen LogP contribution in [0.3, 0.4) is 0 Å². The number of hydrogen-bond donors (Lipinski definition) is 0. The van der Waals surface area contributed by atoms with E-state index in [0.29, 0.717) is 24.1 Å². The molecule has 0 unspecified atom stereocenters. The summed E-state index contributed by atoms with van der Waals surface area (Å²) in [6.07, 6.45) is 2.72. The van der Waals surface area contributed by atoms with E-state index in [1.807, 2.05) is 19.1 Å². The topological polar surface area (TPSA) is 48.0 Å². The normalized spacial score (nSPS) is 17.3. The summed E-state index contributed by atoms with van der Waals surface area (Å²) in [5.41, 5.74) is 3.03. The third-order valence-electron chi connectivity index (χ3n) is 4.32. The van der Waals surface area contributed by atoms with Crippen molar-refractivity contribution >= 4 is 5.78 Å². The number of Topliss-reactive ketones (excluding diaryl/α,β-unsaturated/α-hetero) is 1. The number of fused-ring (bicyclic) bond motifs is 1. The van der Waals surface area contributed by atoms with Gasteiger partial charge < -0.3 is 4.42 Å². The van der Waals surface area contributed by atoms with E-state index in [4.69, 9.17) is 4.42 Å². The first-order valence-electron chi connectivity index (χ1n) is 7.54. The number of ketones is 1. The number of hydrogen-bond acceptors (Lipinski definition) is 3. The zero-order chi connectivity index (χ0) is 16.0. The second-order valence-electron chi connectivity index (χ2n) is 5.84. The molecule has 0 N–H and O–H groups in total. The number of nitrogens with zero attached hydrogens (tertiary/aromatic N) is 2. The van der Waals surface area contributed by atoms with Gasteiger partial charge in [-0.05, 0) is 43.3 Å². The fourth-order valence-electron chi connectivity index (χ4n) is 3.28. The van der Waals surface area contributed by atoms with E-state index in [1.54, 1.807) is 23.1 Å². The Kier molecular flexibility index (Phi) is 3.15. The minimum Gasteiger partial charge on any atom is -0.469 e. The van der Waals surface area contributed by atoms with Crippen LogP contribution in [-0.2, 0) is 6.42 Å². The predicted octanol–water partition coefficient (Wildman–Crippen LogP) is 3.83. The average Bonchev–Trinajstić information content (AvgIpc) is 3.16. The second kappa shape index (κ2) is 5.19. The van der Waals surface area contributed by atoms with Crippen LogP contribution in [-0.4, -0.2) is 15.6 Å². The average molecular weight is 310 g/mol. The van der Waals surface area contributed by atoms with Crippen molar-refractivity contribution in [1.82, 2.24) is 9.78 Å². The lowest BCUT2D eigenvalue weighted by Gasteiger charge is -2.21. The summed E-state index contributed by atoms with van der Waals surface area (Å²) in [5, 5.41) is 4.50. The lowest BCUT2D eigenvalue weighted by molar-refractivity contribution is 0.0959. The van der Waals surface area contributed by atoms with Gasteiger partial charge in [0.25, 0.3) is 0 Å². The molecule has 0 saturated carbocycles. The van der Waals surface area contributed by atoms with Crippen molar-refractivity contribution in [3.63, 3.8) is 0 Å². The first-order valence-corrected chi connectivity index (χ1v) is 7.54. The second-order valence-corrected chi connectivity index (χ2v) is 5.84. The Morgan fingerprint density at radius 2 is 2.00 bits per heavy atom. The van der Waals surface area contributed by atoms with Crippen LogP contribution in [0.1, 0.15) is 39.8 Å². The van der Waals surface area contributed by atoms with Gasteiger partial charge in [0.05, 0.1) is 28.9 Å². The zero-order valence-electron chi connectivity index (χ0n) is 12.6. The molecule has 0 saturated heterocycles. The maximum absolute atomic E-state index is 13.2. The van der Waals surface area contributed by atoms with E-state index >= 15 is 0 Å². The number of benzene rings is 1. The molecule has 4 nitrogen and oxygen atoms in total. The van der Waals surface area contributed by atoms with Gasteiger partial charge >= 0.3 is 0 Å². The Balaban J connectivity index is 1.81. The molecule has 1 aromatic carbocycles. The summed E-state index contributed by atoms with van der Waals surface area (Å²) in [6, 6.07) is 9.86. The number of carbonyl (C=O) groups excluding carboxylic acids is 1. The van der Waals surface area contributed by atoms with Gasteiger partial charge in [0.1, 0.15) is 11.6 Å². The Morgan fingerprint density at radius 3 is 2.70 bits per heavy atom. The van der Waals surface area contributed by atoms with Crippen LogP contribution in [0.2, 0.25) is 0 Å². The highest BCUT2D eigenvalue weighted by Crippen LogP contribution is 2.35. The van der Waals surface area contributed by atoms with E-state index in [2.05, 4.69) is 5.10 Å². The highest BCUT2D eigenvalue weighted by atomic mass is 19.1. The quantitative estimate of drug-likeness (QED) is 0.723. The third-order valence-corrected chi connectivity index (χ3v) is 4.32. The monoisotopic (exact) mass is 310 g/mol. The Morgan fingerprint density at radius 1 is 1.22 bits per heavy atom. The first-order chi connectivity index (χ1) is 11.1. The molecule has 0 fully saturated rings. The van der Waals surface area contributed by atoms with Gasteiger partial charge in [-0.3, -0.25) is 4.79 Å². The molecule has 0 aliphatic heterocycles. The Bertz CT molecular complexity index is 863. The molecule has 0 bridgehead atoms. The van der Waals surface area contributed by atoms with Gasteiger partial charge in [0, 0.05) is 18.8 Å². The van der Waals surface area contributed by atoms with Crippen molar-refractivity contribution in [3.8, 4) is 5.69 Å². The summed E-state index contributed by atoms with van der Waals surface area (Å²) in [7, 11) is 0. The number of halogens is 1. The van der Waals surface area contributed by atoms with E-state index < -0.39 is 0 Å². The zero-order valence-corrected chi connectivity index (χ0v) is 12.6. The SMILES string of the molecule is Cc1nn(-c2ccc(F)cc2)c2c1C(=O)C[C@@H](c1ccco1)C2. The van der Waals surface area contributed by atoms with Gasteiger partial charge in [-0.15, -0.1) is 0 Å². The highest BCUT2D eigenvalue weighted by molar-refractivity contribution is 6.00. The van der Waals surface area contributed by atoms with Gasteiger partial charge in [0.2, 0.25) is 0 Å². The van der Waals surface area contributed by atoms with Crippen LogP contribution in [0.25, 0.3) is 5.69 Å². The molecular weight excluding hydrogens is 295 g/mol. The molecule has 0 radical (unpaired) electrons. The number of aromatic nitrogens is 2. The first kappa shape index (κ1) is 13.9. The largest absolute Gasteiger partial charge is 0.469 e. The van der Waals surface area contributed by atoms with Crippen LogP contribution >= 0.6 is 0 Å². The van der Waals surface area contributed by atoms with Crippen LogP contribution in [0.4, 0.5) is 4.39 Å². The van der Waals surface area contributed by atoms with Crippen LogP contribution in [0.15, 0.2) is 47.1 Å². The molecule has 5 heteroatoms. The molecular formula is C18H15FN2O2. The van der Waals surface area contributed by atoms with Gasteiger partial charge in [-0.1, -0.05) is 0 Å². The van der Waals surface area contributed by atoms with Crippen molar-refractivity contribution in [2.75, 3.05) is 0 Å². The summed E-state index contributed by atoms with van der Waals surface area (Å²) < 4.78 is 20.4. The molecule has 23 heavy (non-hydrogen) atoms. The minimum atomic E-state index is -0.295. The molecule has 0 spiro atoms. The summed E-state index contributed by atoms with van der Waals surface area (Å²) in [6.45, 7) is 1.84. The highest BCUT2D eigenvalue weighted by Gasteiger charge is 2.33. The van der Waals surface area contributed by atoms with Gasteiger partial charge in [0.15, 0.2) is 5.78 Å². The molecule has 116 valence electrons. The summed E-state index contributed by atoms with van der Waals surface area (Å²) >= 11 is 0. The van der Waals surface area contributed by atoms with Crippen molar-refractivity contribution in [3.05, 3.63) is 71.2 Å². The third kappa shape index (κ3) is 2.29. The lowest BCUT2D eigenvalue weighted by Crippen LogP contribution is -2.20. The molecule has 4 rings (SSSR count). The van der Waals surface area contributed by atoms with Gasteiger partial charge in [-0.2, -0.15) is 5.10 Å². The number of rotatable bonds is 2. The van der Waals surface area contributed by atoms with Crippen molar-refractivity contribution in [2.24, 2.45) is 0 Å². The van der Waals surface area contributed by atoms with E-state index in [9.17, 15) is 9.18 Å². The smallest absolute Gasteiger partial charge is 0.167 e. The maximum atomic E-state index is 13.2. The van der Waals surface area contributed by atoms with Crippen LogP contribution in [0.5, 0.6) is 0 Å². The standard InChI is InChI=1S/C18H15FN2O2/c1-11-18-15(21(20-11)14-6-4-13(19)5-7-14)9-12(10-16(18)22)17-3-2-8-23-17/h2-8,12H,9-10H2,1H3/t12-/m0/s1. The molecule has 1 aliphatic rings. The fourth-order valence-corrected chi connectivity index (χ4v) is 3.28. The van der Waals surface area contributed by atoms with Crippen molar-refractivity contribution < 1.29 is 13.6 Å². The number of carbonyl (C=O) groups is 1. The van der Waals surface area contributed by atoms with Crippen LogP contribution in [0, 0.1) is 12.7 Å². The van der Waals surface area contributed by atoms with Crippen molar-refractivity contribution in [2.45, 2.75) is 25.7 Å². The Labute approximate surface area is 132 Å². The molecule has 1 atom stereocenters. The minimum absolute atomic E-state index is 0.0142. The molecule has 0 amide bonds. The Hall–Kier alpha value is -2.69. The molecule has 3 aromatic rings. The molecule has 1 aliphatic carbocycles. The van der Waals surface area contributed by atoms with Gasteiger partial charge in [-0.25, -0.2) is 9.07 Å².